The van der Waals surface area contributed by atoms with Gasteiger partial charge in [-0.05, 0) is 38.8 Å². The lowest BCUT2D eigenvalue weighted by Crippen LogP contribution is -1.84. The van der Waals surface area contributed by atoms with Gasteiger partial charge in [0.1, 0.15) is 0 Å². The predicted octanol–water partition coefficient (Wildman–Crippen LogP) is 5.01. The first kappa shape index (κ1) is 15.5. The van der Waals surface area contributed by atoms with Gasteiger partial charge in [0, 0.05) is 13.2 Å². The summed E-state index contributed by atoms with van der Waals surface area (Å²) in [5, 5.41) is 0. The molecule has 0 amide bonds. The van der Waals surface area contributed by atoms with E-state index in [2.05, 4.69) is 62.4 Å². The van der Waals surface area contributed by atoms with Crippen LogP contribution in [0.25, 0.3) is 11.1 Å². The molecule has 0 aliphatic rings. The second-order valence-electron chi connectivity index (χ2n) is 4.52. The molecule has 0 saturated carbocycles. The smallest absolute Gasteiger partial charge is 0.0437 e. The highest BCUT2D eigenvalue weighted by atomic mass is 16.5. The molecule has 0 unspecified atom stereocenters. The quantitative estimate of drug-likeness (QED) is 0.749. The van der Waals surface area contributed by atoms with Crippen LogP contribution in [0.1, 0.15) is 25.0 Å². The Morgan fingerprint density at radius 2 is 1.37 bits per heavy atom. The van der Waals surface area contributed by atoms with Gasteiger partial charge in [-0.25, -0.2) is 0 Å². The van der Waals surface area contributed by atoms with E-state index in [0.717, 1.165) is 13.2 Å². The predicted molar refractivity (Wildman–Crippen MR) is 83.5 cm³/mol. The molecule has 0 fully saturated rings. The molecule has 0 saturated heterocycles. The molecular formula is C18H24O. The number of ether oxygens (including phenoxy) is 1. The highest BCUT2D eigenvalue weighted by Crippen LogP contribution is 2.20. The number of hydrogen-bond acceptors (Lipinski definition) is 1. The van der Waals surface area contributed by atoms with E-state index in [1.807, 2.05) is 13.8 Å². The van der Waals surface area contributed by atoms with Crippen LogP contribution in [-0.4, -0.2) is 13.2 Å². The molecule has 0 spiro atoms. The fourth-order valence-electron chi connectivity index (χ4n) is 1.77. The largest absolute Gasteiger partial charge is 0.382 e. The summed E-state index contributed by atoms with van der Waals surface area (Å²) in [4.78, 5) is 0. The van der Waals surface area contributed by atoms with Crippen molar-refractivity contribution in [1.29, 1.82) is 0 Å². The molecule has 0 heterocycles. The van der Waals surface area contributed by atoms with E-state index < -0.39 is 0 Å². The molecule has 0 aliphatic heterocycles. The summed E-state index contributed by atoms with van der Waals surface area (Å²) in [6.07, 6.45) is 0. The number of hydrogen-bond donors (Lipinski definition) is 0. The Hall–Kier alpha value is -1.60. The van der Waals surface area contributed by atoms with E-state index in [4.69, 9.17) is 4.74 Å². The first-order valence-corrected chi connectivity index (χ1v) is 6.88. The molecule has 0 aromatic heterocycles. The van der Waals surface area contributed by atoms with Crippen LogP contribution < -0.4 is 0 Å². The Bertz CT molecular complexity index is 469. The van der Waals surface area contributed by atoms with Crippen LogP contribution in [0.2, 0.25) is 0 Å². The van der Waals surface area contributed by atoms with Crippen LogP contribution in [-0.2, 0) is 4.74 Å². The van der Waals surface area contributed by atoms with E-state index in [9.17, 15) is 0 Å². The van der Waals surface area contributed by atoms with E-state index >= 15 is 0 Å². The molecule has 0 atom stereocenters. The van der Waals surface area contributed by atoms with E-state index in [1.165, 1.54) is 22.3 Å². The average molecular weight is 256 g/mol. The standard InChI is InChI=1S/C14H14.C4H10O/c1-11-6-8-13(9-7-11)14-5-3-4-12(2)10-14;1-3-5-4-2/h3-10H,1-2H3;3-4H2,1-2H3. The topological polar surface area (TPSA) is 9.23 Å². The molecule has 19 heavy (non-hydrogen) atoms. The van der Waals surface area contributed by atoms with Gasteiger partial charge in [0.25, 0.3) is 0 Å². The Labute approximate surface area is 117 Å². The van der Waals surface area contributed by atoms with Crippen LogP contribution in [0.15, 0.2) is 48.5 Å². The van der Waals surface area contributed by atoms with Crippen molar-refractivity contribution in [1.82, 2.24) is 0 Å². The first-order valence-electron chi connectivity index (χ1n) is 6.88. The molecule has 2 aromatic rings. The van der Waals surface area contributed by atoms with Crippen molar-refractivity contribution in [3.63, 3.8) is 0 Å². The van der Waals surface area contributed by atoms with Crippen molar-refractivity contribution in [2.45, 2.75) is 27.7 Å². The third-order valence-electron chi connectivity index (χ3n) is 2.81. The molecule has 102 valence electrons. The SMILES string of the molecule is CCOCC.Cc1ccc(-c2cccc(C)c2)cc1. The molecule has 0 radical (unpaired) electrons. The van der Waals surface area contributed by atoms with Gasteiger partial charge in [-0.2, -0.15) is 0 Å². The van der Waals surface area contributed by atoms with Gasteiger partial charge >= 0.3 is 0 Å². The van der Waals surface area contributed by atoms with Gasteiger partial charge in [0.05, 0.1) is 0 Å². The minimum atomic E-state index is 0.844. The molecule has 0 N–H and O–H groups in total. The van der Waals surface area contributed by atoms with E-state index in [1.54, 1.807) is 0 Å². The van der Waals surface area contributed by atoms with Crippen LogP contribution >= 0.6 is 0 Å². The third kappa shape index (κ3) is 5.71. The fourth-order valence-corrected chi connectivity index (χ4v) is 1.77. The molecule has 2 aromatic carbocycles. The van der Waals surface area contributed by atoms with Crippen molar-refractivity contribution in [3.8, 4) is 11.1 Å². The Morgan fingerprint density at radius 1 is 0.737 bits per heavy atom. The summed E-state index contributed by atoms with van der Waals surface area (Å²) in [5.74, 6) is 0. The molecule has 2 rings (SSSR count). The van der Waals surface area contributed by atoms with Crippen molar-refractivity contribution < 1.29 is 4.74 Å². The van der Waals surface area contributed by atoms with Crippen LogP contribution in [0, 0.1) is 13.8 Å². The zero-order valence-electron chi connectivity index (χ0n) is 12.4. The third-order valence-corrected chi connectivity index (χ3v) is 2.81. The van der Waals surface area contributed by atoms with Gasteiger partial charge in [0.2, 0.25) is 0 Å². The molecular weight excluding hydrogens is 232 g/mol. The number of aryl methyl sites for hydroxylation is 2. The summed E-state index contributed by atoms with van der Waals surface area (Å²) < 4.78 is 4.83. The maximum atomic E-state index is 4.83. The summed E-state index contributed by atoms with van der Waals surface area (Å²) >= 11 is 0. The lowest BCUT2D eigenvalue weighted by molar-refractivity contribution is 0.162. The van der Waals surface area contributed by atoms with Gasteiger partial charge in [-0.15, -0.1) is 0 Å². The molecule has 1 heteroatoms. The van der Waals surface area contributed by atoms with E-state index in [0.29, 0.717) is 0 Å². The van der Waals surface area contributed by atoms with Gasteiger partial charge in [-0.3, -0.25) is 0 Å². The zero-order valence-corrected chi connectivity index (χ0v) is 12.4. The van der Waals surface area contributed by atoms with Crippen molar-refractivity contribution in [3.05, 3.63) is 59.7 Å². The number of rotatable bonds is 3. The second-order valence-corrected chi connectivity index (χ2v) is 4.52. The Kier molecular flexibility index (Phi) is 6.91. The maximum absolute atomic E-state index is 4.83. The first-order chi connectivity index (χ1) is 9.17. The minimum Gasteiger partial charge on any atom is -0.382 e. The minimum absolute atomic E-state index is 0.844. The zero-order chi connectivity index (χ0) is 14.1. The molecule has 0 bridgehead atoms. The summed E-state index contributed by atoms with van der Waals surface area (Å²) in [5.41, 5.74) is 5.20. The normalized spacial score (nSPS) is 9.68. The summed E-state index contributed by atoms with van der Waals surface area (Å²) in [6.45, 7) is 9.90. The highest BCUT2D eigenvalue weighted by Gasteiger charge is 1.96. The number of benzene rings is 2. The molecule has 0 aliphatic carbocycles. The molecule has 1 nitrogen and oxygen atoms in total. The van der Waals surface area contributed by atoms with Gasteiger partial charge in [-0.1, -0.05) is 59.7 Å². The van der Waals surface area contributed by atoms with Gasteiger partial charge < -0.3 is 4.74 Å². The van der Waals surface area contributed by atoms with Crippen molar-refractivity contribution in [2.75, 3.05) is 13.2 Å². The summed E-state index contributed by atoms with van der Waals surface area (Å²) in [6, 6.07) is 17.2. The van der Waals surface area contributed by atoms with Crippen molar-refractivity contribution >= 4 is 0 Å². The van der Waals surface area contributed by atoms with Gasteiger partial charge in [0.15, 0.2) is 0 Å². The fraction of sp³-hybridized carbons (Fsp3) is 0.333. The average Bonchev–Trinajstić information content (AvgIpc) is 2.41. The Morgan fingerprint density at radius 3 is 1.84 bits per heavy atom. The van der Waals surface area contributed by atoms with Crippen LogP contribution in [0.4, 0.5) is 0 Å². The lowest BCUT2D eigenvalue weighted by atomic mass is 10.0. The Balaban J connectivity index is 0.000000312. The highest BCUT2D eigenvalue weighted by molar-refractivity contribution is 5.64. The second kappa shape index (κ2) is 8.49. The maximum Gasteiger partial charge on any atom is 0.0437 e. The summed E-state index contributed by atoms with van der Waals surface area (Å²) in [7, 11) is 0. The van der Waals surface area contributed by atoms with Crippen LogP contribution in [0.3, 0.4) is 0 Å². The monoisotopic (exact) mass is 256 g/mol. The van der Waals surface area contributed by atoms with E-state index in [-0.39, 0.29) is 0 Å². The van der Waals surface area contributed by atoms with Crippen molar-refractivity contribution in [2.24, 2.45) is 0 Å². The lowest BCUT2D eigenvalue weighted by Gasteiger charge is -2.02. The van der Waals surface area contributed by atoms with Crippen LogP contribution in [0.5, 0.6) is 0 Å².